The first-order chi connectivity index (χ1) is 13.9. The van der Waals surface area contributed by atoms with Crippen molar-refractivity contribution in [2.75, 3.05) is 32.1 Å². The number of aromatic nitrogens is 5. The maximum atomic E-state index is 12.8. The molecule has 0 unspecified atom stereocenters. The third-order valence-corrected chi connectivity index (χ3v) is 6.25. The van der Waals surface area contributed by atoms with E-state index in [1.807, 2.05) is 24.7 Å². The van der Waals surface area contributed by atoms with Crippen LogP contribution in [0.15, 0.2) is 12.4 Å². The van der Waals surface area contributed by atoms with Gasteiger partial charge in [0.15, 0.2) is 0 Å². The summed E-state index contributed by atoms with van der Waals surface area (Å²) >= 11 is 0. The van der Waals surface area contributed by atoms with E-state index in [4.69, 9.17) is 0 Å². The summed E-state index contributed by atoms with van der Waals surface area (Å²) in [7, 11) is 4.22. The lowest BCUT2D eigenvalue weighted by Crippen LogP contribution is -2.46. The Kier molecular flexibility index (Phi) is 5.49. The molecule has 2 aromatic heterocycles. The summed E-state index contributed by atoms with van der Waals surface area (Å²) in [6.07, 6.45) is 6.55. The Morgan fingerprint density at radius 3 is 2.72 bits per heavy atom. The maximum Gasteiger partial charge on any atom is 0.289 e. The molecule has 156 valence electrons. The number of anilines is 1. The van der Waals surface area contributed by atoms with Crippen LogP contribution in [-0.4, -0.2) is 75.0 Å². The van der Waals surface area contributed by atoms with Crippen LogP contribution in [0.2, 0.25) is 0 Å². The van der Waals surface area contributed by atoms with E-state index in [0.29, 0.717) is 12.0 Å². The zero-order valence-electron chi connectivity index (χ0n) is 17.7. The maximum absolute atomic E-state index is 12.8. The highest BCUT2D eigenvalue weighted by Crippen LogP contribution is 2.29. The van der Waals surface area contributed by atoms with Crippen LogP contribution in [0.25, 0.3) is 0 Å². The van der Waals surface area contributed by atoms with Crippen molar-refractivity contribution in [3.63, 3.8) is 0 Å². The summed E-state index contributed by atoms with van der Waals surface area (Å²) in [5.74, 6) is 1.51. The van der Waals surface area contributed by atoms with Gasteiger partial charge in [0.1, 0.15) is 5.82 Å². The molecule has 1 N–H and O–H groups in total. The van der Waals surface area contributed by atoms with Crippen LogP contribution >= 0.6 is 0 Å². The third-order valence-electron chi connectivity index (χ3n) is 6.25. The Labute approximate surface area is 171 Å². The number of amides is 1. The molecule has 1 atom stereocenters. The smallest absolute Gasteiger partial charge is 0.289 e. The molecular weight excluding hydrogens is 368 g/mol. The second-order valence-electron chi connectivity index (χ2n) is 8.57. The summed E-state index contributed by atoms with van der Waals surface area (Å²) in [5, 5.41) is 10.9. The van der Waals surface area contributed by atoms with E-state index in [0.717, 1.165) is 56.0 Å². The van der Waals surface area contributed by atoms with Crippen LogP contribution < -0.4 is 10.2 Å². The van der Waals surface area contributed by atoms with Crippen LogP contribution in [-0.2, 0) is 6.54 Å². The van der Waals surface area contributed by atoms with Crippen molar-refractivity contribution in [3.8, 4) is 0 Å². The minimum atomic E-state index is -0.179. The number of nitrogens with zero attached hydrogens (tertiary/aromatic N) is 7. The Hall–Kier alpha value is -2.55. The standard InChI is InChI=1S/C20H30N8O/c1-13-14(2)22-18(24-19(13)27-7-5-17(12-27)26(3)4)20(29)23-16-9-15(10-16)11-28-8-6-21-25-28/h6,8,15-17H,5,7,9-12H2,1-4H3,(H,23,29)/t15?,16?,17-/m1/s1. The van der Waals surface area contributed by atoms with Gasteiger partial charge in [0.25, 0.3) is 5.91 Å². The molecule has 2 aromatic rings. The molecule has 1 saturated carbocycles. The van der Waals surface area contributed by atoms with Crippen molar-refractivity contribution >= 4 is 11.7 Å². The van der Waals surface area contributed by atoms with E-state index >= 15 is 0 Å². The first-order valence-corrected chi connectivity index (χ1v) is 10.3. The number of carbonyl (C=O) groups excluding carboxylic acids is 1. The molecule has 0 radical (unpaired) electrons. The molecule has 0 bridgehead atoms. The Morgan fingerprint density at radius 1 is 1.28 bits per heavy atom. The van der Waals surface area contributed by atoms with Crippen molar-refractivity contribution in [2.45, 2.75) is 51.7 Å². The largest absolute Gasteiger partial charge is 0.355 e. The van der Waals surface area contributed by atoms with E-state index in [2.05, 4.69) is 49.5 Å². The molecule has 3 heterocycles. The number of rotatable bonds is 6. The fourth-order valence-corrected chi connectivity index (χ4v) is 4.23. The van der Waals surface area contributed by atoms with Gasteiger partial charge in [0.2, 0.25) is 5.82 Å². The molecule has 4 rings (SSSR count). The van der Waals surface area contributed by atoms with E-state index < -0.39 is 0 Å². The molecule has 1 aliphatic heterocycles. The van der Waals surface area contributed by atoms with Gasteiger partial charge in [-0.2, -0.15) is 0 Å². The van der Waals surface area contributed by atoms with Crippen LogP contribution in [0.3, 0.4) is 0 Å². The van der Waals surface area contributed by atoms with Crippen LogP contribution in [0, 0.1) is 19.8 Å². The second kappa shape index (κ2) is 8.06. The number of nitrogens with one attached hydrogen (secondary N) is 1. The molecule has 9 nitrogen and oxygen atoms in total. The molecule has 1 aliphatic carbocycles. The highest BCUT2D eigenvalue weighted by atomic mass is 16.2. The number of hydrogen-bond acceptors (Lipinski definition) is 7. The molecular formula is C20H30N8O. The van der Waals surface area contributed by atoms with Crippen molar-refractivity contribution in [1.82, 2.24) is 35.2 Å². The van der Waals surface area contributed by atoms with Crippen LogP contribution in [0.1, 0.15) is 41.1 Å². The van der Waals surface area contributed by atoms with Gasteiger partial charge in [-0.15, -0.1) is 5.10 Å². The highest BCUT2D eigenvalue weighted by molar-refractivity contribution is 5.91. The van der Waals surface area contributed by atoms with Crippen LogP contribution in [0.4, 0.5) is 5.82 Å². The molecule has 1 saturated heterocycles. The summed E-state index contributed by atoms with van der Waals surface area (Å²) in [6, 6.07) is 0.688. The average molecular weight is 399 g/mol. The predicted molar refractivity (Wildman–Crippen MR) is 110 cm³/mol. The van der Waals surface area contributed by atoms with Crippen LogP contribution in [0.5, 0.6) is 0 Å². The zero-order valence-corrected chi connectivity index (χ0v) is 17.7. The highest BCUT2D eigenvalue weighted by Gasteiger charge is 2.32. The van der Waals surface area contributed by atoms with Gasteiger partial charge in [-0.05, 0) is 53.1 Å². The Bertz CT molecular complexity index is 860. The quantitative estimate of drug-likeness (QED) is 0.777. The number of carbonyl (C=O) groups is 1. The SMILES string of the molecule is Cc1nc(C(=O)NC2CC(Cn3ccnn3)C2)nc(N2CC[C@@H](N(C)C)C2)c1C. The lowest BCUT2D eigenvalue weighted by molar-refractivity contribution is 0.0868. The number of hydrogen-bond donors (Lipinski definition) is 1. The Morgan fingerprint density at radius 2 is 2.07 bits per heavy atom. The van der Waals surface area contributed by atoms with E-state index in [9.17, 15) is 4.79 Å². The fourth-order valence-electron chi connectivity index (χ4n) is 4.23. The normalized spacial score (nSPS) is 24.0. The molecule has 2 fully saturated rings. The Balaban J connectivity index is 1.38. The first-order valence-electron chi connectivity index (χ1n) is 10.3. The monoisotopic (exact) mass is 398 g/mol. The molecule has 0 spiro atoms. The minimum absolute atomic E-state index is 0.176. The molecule has 2 aliphatic rings. The minimum Gasteiger partial charge on any atom is -0.355 e. The predicted octanol–water partition coefficient (Wildman–Crippen LogP) is 1.03. The third kappa shape index (κ3) is 4.24. The lowest BCUT2D eigenvalue weighted by atomic mass is 9.80. The van der Waals surface area contributed by atoms with Crippen molar-refractivity contribution in [2.24, 2.45) is 5.92 Å². The van der Waals surface area contributed by atoms with Gasteiger partial charge < -0.3 is 15.1 Å². The molecule has 29 heavy (non-hydrogen) atoms. The molecule has 9 heteroatoms. The van der Waals surface area contributed by atoms with Gasteiger partial charge in [0, 0.05) is 49.2 Å². The van der Waals surface area contributed by atoms with E-state index in [1.54, 1.807) is 6.20 Å². The van der Waals surface area contributed by atoms with Gasteiger partial charge in [-0.25, -0.2) is 9.97 Å². The van der Waals surface area contributed by atoms with E-state index in [1.165, 1.54) is 0 Å². The molecule has 1 amide bonds. The van der Waals surface area contributed by atoms with E-state index in [-0.39, 0.29) is 17.8 Å². The topological polar surface area (TPSA) is 92.1 Å². The first kappa shape index (κ1) is 19.8. The van der Waals surface area contributed by atoms with Gasteiger partial charge in [-0.1, -0.05) is 5.21 Å². The summed E-state index contributed by atoms with van der Waals surface area (Å²) < 4.78 is 1.85. The van der Waals surface area contributed by atoms with Crippen molar-refractivity contribution in [1.29, 1.82) is 0 Å². The summed E-state index contributed by atoms with van der Waals surface area (Å²) in [4.78, 5) is 26.4. The van der Waals surface area contributed by atoms with Gasteiger partial charge in [-0.3, -0.25) is 9.48 Å². The van der Waals surface area contributed by atoms with Gasteiger partial charge >= 0.3 is 0 Å². The fraction of sp³-hybridized carbons (Fsp3) is 0.650. The molecule has 0 aromatic carbocycles. The number of likely N-dealkylation sites (N-methyl/N-ethyl adjacent to an activating group) is 1. The number of aryl methyl sites for hydroxylation is 1. The average Bonchev–Trinajstić information content (AvgIpc) is 3.33. The summed E-state index contributed by atoms with van der Waals surface area (Å²) in [5.41, 5.74) is 1.92. The van der Waals surface area contributed by atoms with Gasteiger partial charge in [0.05, 0.1) is 6.20 Å². The zero-order chi connectivity index (χ0) is 20.5. The lowest BCUT2D eigenvalue weighted by Gasteiger charge is -2.35. The van der Waals surface area contributed by atoms with Crippen molar-refractivity contribution in [3.05, 3.63) is 29.5 Å². The van der Waals surface area contributed by atoms with Crippen molar-refractivity contribution < 1.29 is 4.79 Å². The summed E-state index contributed by atoms with van der Waals surface area (Å²) in [6.45, 7) is 6.72. The second-order valence-corrected chi connectivity index (χ2v) is 8.57.